The maximum Gasteiger partial charge on any atom is 0.306 e. The Bertz CT molecular complexity index is 1360. The van der Waals surface area contributed by atoms with Gasteiger partial charge in [0.05, 0.1) is 0 Å². The topological polar surface area (TPSA) is 78.9 Å². The molecular weight excluding hydrogens is 841 g/mol. The van der Waals surface area contributed by atoms with Crippen molar-refractivity contribution in [2.75, 3.05) is 13.2 Å². The van der Waals surface area contributed by atoms with Crippen LogP contribution in [0.15, 0.2) is 97.2 Å². The first-order valence-electron chi connectivity index (χ1n) is 28.2. The summed E-state index contributed by atoms with van der Waals surface area (Å²) < 4.78 is 16.8. The predicted molar refractivity (Wildman–Crippen MR) is 293 cm³/mol. The van der Waals surface area contributed by atoms with E-state index in [0.29, 0.717) is 19.3 Å². The van der Waals surface area contributed by atoms with E-state index in [0.717, 1.165) is 135 Å². The van der Waals surface area contributed by atoms with Gasteiger partial charge < -0.3 is 14.2 Å². The average Bonchev–Trinajstić information content (AvgIpc) is 3.34. The number of carbonyl (C=O) groups excluding carboxylic acids is 3. The van der Waals surface area contributed by atoms with Gasteiger partial charge >= 0.3 is 17.9 Å². The summed E-state index contributed by atoms with van der Waals surface area (Å²) in [6, 6.07) is 0. The molecule has 0 spiro atoms. The SMILES string of the molecule is CC/C=C\C/C=C\C/C=C\C/C=C\C/C=C\C/C=C\CCCCCCCCC(=O)OCC(COC(=O)CCCCCCCCCCCCC)OC(=O)CCCCCCC/C=C\C/C=C\CCCC. The van der Waals surface area contributed by atoms with Crippen LogP contribution in [0.25, 0.3) is 0 Å². The Kier molecular flexibility index (Phi) is 52.9. The molecule has 0 saturated heterocycles. The van der Waals surface area contributed by atoms with Crippen LogP contribution in [0.2, 0.25) is 0 Å². The van der Waals surface area contributed by atoms with Gasteiger partial charge in [-0.05, 0) is 96.3 Å². The van der Waals surface area contributed by atoms with Crippen molar-refractivity contribution in [3.05, 3.63) is 97.2 Å². The van der Waals surface area contributed by atoms with Crippen molar-refractivity contribution in [1.82, 2.24) is 0 Å². The third-order valence-electron chi connectivity index (χ3n) is 11.8. The molecule has 0 fully saturated rings. The highest BCUT2D eigenvalue weighted by Gasteiger charge is 2.19. The third kappa shape index (κ3) is 53.3. The summed E-state index contributed by atoms with van der Waals surface area (Å²) in [6.07, 6.45) is 73.9. The Labute approximate surface area is 419 Å². The zero-order chi connectivity index (χ0) is 49.3. The second-order valence-electron chi connectivity index (χ2n) is 18.5. The van der Waals surface area contributed by atoms with Crippen molar-refractivity contribution < 1.29 is 28.6 Å². The summed E-state index contributed by atoms with van der Waals surface area (Å²) >= 11 is 0. The van der Waals surface area contributed by atoms with Gasteiger partial charge in [0.25, 0.3) is 0 Å². The van der Waals surface area contributed by atoms with Crippen LogP contribution in [0.1, 0.15) is 258 Å². The molecule has 0 aliphatic carbocycles. The zero-order valence-electron chi connectivity index (χ0n) is 44.3. The summed E-state index contributed by atoms with van der Waals surface area (Å²) in [5.41, 5.74) is 0. The lowest BCUT2D eigenvalue weighted by Gasteiger charge is -2.18. The Morgan fingerprint density at radius 1 is 0.309 bits per heavy atom. The first kappa shape index (κ1) is 64.3. The van der Waals surface area contributed by atoms with Crippen LogP contribution >= 0.6 is 0 Å². The van der Waals surface area contributed by atoms with Crippen molar-refractivity contribution >= 4 is 17.9 Å². The Morgan fingerprint density at radius 2 is 0.588 bits per heavy atom. The smallest absolute Gasteiger partial charge is 0.306 e. The van der Waals surface area contributed by atoms with Crippen molar-refractivity contribution in [1.29, 1.82) is 0 Å². The summed E-state index contributed by atoms with van der Waals surface area (Å²) in [6.45, 7) is 6.45. The fraction of sp³-hybridized carbons (Fsp3) is 0.694. The molecule has 0 aromatic heterocycles. The minimum absolute atomic E-state index is 0.0868. The maximum absolute atomic E-state index is 12.8. The van der Waals surface area contributed by atoms with E-state index in [2.05, 4.69) is 118 Å². The van der Waals surface area contributed by atoms with Crippen molar-refractivity contribution in [2.45, 2.75) is 264 Å². The molecule has 388 valence electrons. The van der Waals surface area contributed by atoms with Crippen LogP contribution in [-0.4, -0.2) is 37.2 Å². The third-order valence-corrected chi connectivity index (χ3v) is 11.8. The van der Waals surface area contributed by atoms with Gasteiger partial charge in [0.2, 0.25) is 0 Å². The average molecular weight is 946 g/mol. The van der Waals surface area contributed by atoms with Gasteiger partial charge in [0.1, 0.15) is 13.2 Å². The summed E-state index contributed by atoms with van der Waals surface area (Å²) in [5.74, 6) is -0.915. The van der Waals surface area contributed by atoms with Gasteiger partial charge in [-0.2, -0.15) is 0 Å². The molecule has 0 radical (unpaired) electrons. The lowest BCUT2D eigenvalue weighted by atomic mass is 10.1. The van der Waals surface area contributed by atoms with Crippen LogP contribution in [0.3, 0.4) is 0 Å². The summed E-state index contributed by atoms with van der Waals surface area (Å²) in [7, 11) is 0. The van der Waals surface area contributed by atoms with Gasteiger partial charge in [0.15, 0.2) is 6.10 Å². The van der Waals surface area contributed by atoms with Crippen molar-refractivity contribution in [2.24, 2.45) is 0 Å². The van der Waals surface area contributed by atoms with Gasteiger partial charge in [-0.1, -0.05) is 240 Å². The molecule has 0 aromatic rings. The largest absolute Gasteiger partial charge is 0.462 e. The number of unbranched alkanes of at least 4 members (excludes halogenated alkanes) is 23. The molecular formula is C62H104O6. The number of hydrogen-bond acceptors (Lipinski definition) is 6. The van der Waals surface area contributed by atoms with E-state index >= 15 is 0 Å². The van der Waals surface area contributed by atoms with Gasteiger partial charge in [-0.3, -0.25) is 14.4 Å². The number of ether oxygens (including phenoxy) is 3. The van der Waals surface area contributed by atoms with E-state index in [4.69, 9.17) is 14.2 Å². The molecule has 68 heavy (non-hydrogen) atoms. The lowest BCUT2D eigenvalue weighted by molar-refractivity contribution is -0.167. The first-order valence-corrected chi connectivity index (χ1v) is 28.2. The highest BCUT2D eigenvalue weighted by atomic mass is 16.6. The number of esters is 3. The number of hydrogen-bond donors (Lipinski definition) is 0. The molecule has 1 atom stereocenters. The van der Waals surface area contributed by atoms with E-state index < -0.39 is 6.10 Å². The number of rotatable bonds is 50. The fourth-order valence-electron chi connectivity index (χ4n) is 7.58. The Balaban J connectivity index is 4.34. The van der Waals surface area contributed by atoms with Crippen molar-refractivity contribution in [3.8, 4) is 0 Å². The molecule has 0 saturated carbocycles. The molecule has 1 unspecified atom stereocenters. The Morgan fingerprint density at radius 3 is 0.941 bits per heavy atom. The first-order chi connectivity index (χ1) is 33.5. The molecule has 0 rings (SSSR count). The van der Waals surface area contributed by atoms with Crippen LogP contribution in [-0.2, 0) is 28.6 Å². The molecule has 0 bridgehead atoms. The molecule has 0 aromatic carbocycles. The molecule has 0 N–H and O–H groups in total. The fourth-order valence-corrected chi connectivity index (χ4v) is 7.58. The van der Waals surface area contributed by atoms with Gasteiger partial charge in [-0.15, -0.1) is 0 Å². The molecule has 0 aliphatic heterocycles. The minimum Gasteiger partial charge on any atom is -0.462 e. The van der Waals surface area contributed by atoms with E-state index in [-0.39, 0.29) is 31.1 Å². The quantitative estimate of drug-likeness (QED) is 0.0262. The summed E-state index contributed by atoms with van der Waals surface area (Å²) in [5, 5.41) is 0. The number of allylic oxidation sites excluding steroid dienone is 16. The predicted octanol–water partition coefficient (Wildman–Crippen LogP) is 18.9. The normalized spacial score (nSPS) is 12.8. The van der Waals surface area contributed by atoms with E-state index in [1.54, 1.807) is 0 Å². The standard InChI is InChI=1S/C62H104O6/c1-4-7-10-13-16-19-22-24-26-27-28-29-30-31-32-33-34-35-36-38-40-43-46-49-52-55-61(64)67-58-59(57-66-60(63)54-51-48-45-42-39-21-18-15-12-9-6-3)68-62(65)56-53-50-47-44-41-37-25-23-20-17-14-11-8-5-2/h7,10,14,16-17,19,23-26,28-29,31-32,34-35,59H,4-6,8-9,11-13,15,18,20-22,27,30,33,36-58H2,1-3H3/b10-7-,17-14-,19-16-,25-23-,26-24-,29-28-,32-31-,35-34-. The van der Waals surface area contributed by atoms with Crippen LogP contribution < -0.4 is 0 Å². The second-order valence-corrected chi connectivity index (χ2v) is 18.5. The van der Waals surface area contributed by atoms with Crippen molar-refractivity contribution in [3.63, 3.8) is 0 Å². The summed E-state index contributed by atoms with van der Waals surface area (Å²) in [4.78, 5) is 38.1. The molecule has 6 nitrogen and oxygen atoms in total. The molecule has 6 heteroatoms. The second kappa shape index (κ2) is 55.9. The lowest BCUT2D eigenvalue weighted by Crippen LogP contribution is -2.30. The van der Waals surface area contributed by atoms with E-state index in [1.165, 1.54) is 83.5 Å². The monoisotopic (exact) mass is 945 g/mol. The van der Waals surface area contributed by atoms with Crippen LogP contribution in [0, 0.1) is 0 Å². The van der Waals surface area contributed by atoms with Crippen LogP contribution in [0.5, 0.6) is 0 Å². The molecule has 0 aliphatic rings. The van der Waals surface area contributed by atoms with E-state index in [1.807, 2.05) is 0 Å². The van der Waals surface area contributed by atoms with E-state index in [9.17, 15) is 14.4 Å². The molecule has 0 amide bonds. The zero-order valence-corrected chi connectivity index (χ0v) is 44.3. The molecule has 0 heterocycles. The van der Waals surface area contributed by atoms with Gasteiger partial charge in [0, 0.05) is 19.3 Å². The van der Waals surface area contributed by atoms with Gasteiger partial charge in [-0.25, -0.2) is 0 Å². The van der Waals surface area contributed by atoms with Crippen LogP contribution in [0.4, 0.5) is 0 Å². The maximum atomic E-state index is 12.8. The Hall–Kier alpha value is -3.67. The highest BCUT2D eigenvalue weighted by Crippen LogP contribution is 2.14. The minimum atomic E-state index is -0.790. The highest BCUT2D eigenvalue weighted by molar-refractivity contribution is 5.71. The number of carbonyl (C=O) groups is 3.